The van der Waals surface area contributed by atoms with Crippen LogP contribution in [0.3, 0.4) is 0 Å². The topological polar surface area (TPSA) is 68.0 Å². The number of hydrogen-bond donors (Lipinski definition) is 1. The highest BCUT2D eigenvalue weighted by Gasteiger charge is 2.22. The summed E-state index contributed by atoms with van der Waals surface area (Å²) >= 11 is 6.21. The lowest BCUT2D eigenvalue weighted by Gasteiger charge is -2.00. The number of rotatable bonds is 2. The summed E-state index contributed by atoms with van der Waals surface area (Å²) in [4.78, 5) is 20.6. The van der Waals surface area contributed by atoms with Crippen LogP contribution >= 0.6 is 24.0 Å². The molecule has 112 valence electrons. The molecule has 0 spiro atoms. The molecule has 1 aliphatic rings. The van der Waals surface area contributed by atoms with Gasteiger partial charge in [-0.05, 0) is 12.1 Å². The van der Waals surface area contributed by atoms with Crippen LogP contribution in [0.4, 0.5) is 0 Å². The van der Waals surface area contributed by atoms with Crippen LogP contribution < -0.4 is 5.32 Å². The summed E-state index contributed by atoms with van der Waals surface area (Å²) < 4.78 is 6.37. The molecule has 23 heavy (non-hydrogen) atoms. The Morgan fingerprint density at radius 1 is 1.26 bits per heavy atom. The molecular formula is C16H9N3O2S2. The molecule has 5 nitrogen and oxygen atoms in total. The normalized spacial score (nSPS) is 16.3. The van der Waals surface area contributed by atoms with Gasteiger partial charge in [0.25, 0.3) is 5.91 Å². The predicted octanol–water partition coefficient (Wildman–Crippen LogP) is 3.38. The maximum absolute atomic E-state index is 11.7. The number of pyridine rings is 2. The number of aromatic nitrogens is 2. The molecule has 3 aromatic heterocycles. The molecule has 0 aliphatic carbocycles. The molecule has 4 heterocycles. The minimum absolute atomic E-state index is 0.203. The maximum Gasteiger partial charge on any atom is 0.263 e. The molecular weight excluding hydrogens is 330 g/mol. The number of thioether (sulfide) groups is 1. The first-order chi connectivity index (χ1) is 11.2. The minimum atomic E-state index is -0.203. The van der Waals surface area contributed by atoms with Gasteiger partial charge in [-0.25, -0.2) is 0 Å². The number of nitrogens with zero attached hydrogens (tertiary/aromatic N) is 2. The predicted molar refractivity (Wildman–Crippen MR) is 93.5 cm³/mol. The van der Waals surface area contributed by atoms with Crippen LogP contribution in [0.5, 0.6) is 0 Å². The second-order valence-corrected chi connectivity index (χ2v) is 6.57. The molecule has 0 atom stereocenters. The van der Waals surface area contributed by atoms with E-state index in [1.165, 1.54) is 11.8 Å². The first-order valence-corrected chi connectivity index (χ1v) is 7.96. The van der Waals surface area contributed by atoms with Gasteiger partial charge >= 0.3 is 0 Å². The van der Waals surface area contributed by atoms with Gasteiger partial charge in [0.1, 0.15) is 15.7 Å². The molecule has 3 aromatic rings. The van der Waals surface area contributed by atoms with Crippen LogP contribution in [0, 0.1) is 0 Å². The van der Waals surface area contributed by atoms with E-state index < -0.39 is 0 Å². The van der Waals surface area contributed by atoms with Crippen molar-refractivity contribution in [2.75, 3.05) is 0 Å². The van der Waals surface area contributed by atoms with Crippen molar-refractivity contribution in [3.05, 3.63) is 53.7 Å². The van der Waals surface area contributed by atoms with E-state index in [0.717, 1.165) is 16.5 Å². The number of hydrogen-bond acceptors (Lipinski definition) is 6. The zero-order valence-corrected chi connectivity index (χ0v) is 13.3. The maximum atomic E-state index is 11.7. The first kappa shape index (κ1) is 14.1. The van der Waals surface area contributed by atoms with Gasteiger partial charge in [-0.3, -0.25) is 14.8 Å². The van der Waals surface area contributed by atoms with Crippen molar-refractivity contribution in [3.63, 3.8) is 0 Å². The van der Waals surface area contributed by atoms with E-state index in [-0.39, 0.29) is 5.91 Å². The second kappa shape index (κ2) is 5.60. The third-order valence-corrected chi connectivity index (χ3v) is 4.49. The van der Waals surface area contributed by atoms with E-state index in [4.69, 9.17) is 16.6 Å². The fourth-order valence-corrected chi connectivity index (χ4v) is 3.36. The Morgan fingerprint density at radius 2 is 2.17 bits per heavy atom. The molecule has 0 unspecified atom stereocenters. The monoisotopic (exact) mass is 339 g/mol. The van der Waals surface area contributed by atoms with Crippen molar-refractivity contribution >= 4 is 51.3 Å². The molecule has 4 rings (SSSR count). The van der Waals surface area contributed by atoms with Crippen LogP contribution in [0.15, 0.2) is 52.3 Å². The largest absolute Gasteiger partial charge is 0.456 e. The quantitative estimate of drug-likeness (QED) is 0.570. The molecule has 1 aliphatic heterocycles. The number of nitrogens with one attached hydrogen (secondary N) is 1. The standard InChI is InChI=1S/C16H9N3O2S2/c20-15-13(23-16(22)19-15)5-11-4-10-7-18-8-12(14(10)21-11)9-2-1-3-17-6-9/h1-8H,(H,19,20,22)/b13-5+. The van der Waals surface area contributed by atoms with Gasteiger partial charge in [-0.2, -0.15) is 0 Å². The molecule has 1 amide bonds. The Labute approximate surface area is 140 Å². The third-order valence-electron chi connectivity index (χ3n) is 3.33. The van der Waals surface area contributed by atoms with Gasteiger partial charge in [0.2, 0.25) is 0 Å². The Hall–Kier alpha value is -2.51. The number of amides is 1. The lowest BCUT2D eigenvalue weighted by atomic mass is 10.1. The van der Waals surface area contributed by atoms with Crippen LogP contribution in [0.1, 0.15) is 5.76 Å². The van der Waals surface area contributed by atoms with Crippen molar-refractivity contribution in [1.29, 1.82) is 0 Å². The van der Waals surface area contributed by atoms with Crippen LogP contribution in [0.25, 0.3) is 28.2 Å². The molecule has 0 aromatic carbocycles. The summed E-state index contributed by atoms with van der Waals surface area (Å²) in [6.07, 6.45) is 8.63. The van der Waals surface area contributed by atoms with Crippen molar-refractivity contribution in [2.24, 2.45) is 0 Å². The minimum Gasteiger partial charge on any atom is -0.456 e. The summed E-state index contributed by atoms with van der Waals surface area (Å²) in [6, 6.07) is 5.66. The van der Waals surface area contributed by atoms with Gasteiger partial charge in [0.05, 0.1) is 4.91 Å². The van der Waals surface area contributed by atoms with Gasteiger partial charge in [0, 0.05) is 47.4 Å². The molecule has 0 saturated carbocycles. The van der Waals surface area contributed by atoms with Crippen molar-refractivity contribution < 1.29 is 9.21 Å². The average molecular weight is 339 g/mol. The van der Waals surface area contributed by atoms with Crippen molar-refractivity contribution in [2.45, 2.75) is 0 Å². The zero-order chi connectivity index (χ0) is 15.8. The first-order valence-electron chi connectivity index (χ1n) is 6.73. The van der Waals surface area contributed by atoms with E-state index in [2.05, 4.69) is 15.3 Å². The summed E-state index contributed by atoms with van der Waals surface area (Å²) in [6.45, 7) is 0. The summed E-state index contributed by atoms with van der Waals surface area (Å²) in [7, 11) is 0. The smallest absolute Gasteiger partial charge is 0.263 e. The SMILES string of the molecule is O=C1NC(=S)S/C1=C/c1cc2cncc(-c3cccnc3)c2o1. The Kier molecular flexibility index (Phi) is 3.44. The van der Waals surface area contributed by atoms with Gasteiger partial charge in [-0.1, -0.05) is 30.0 Å². The highest BCUT2D eigenvalue weighted by Crippen LogP contribution is 2.32. The molecule has 1 N–H and O–H groups in total. The summed E-state index contributed by atoms with van der Waals surface area (Å²) in [5.41, 5.74) is 2.50. The molecule has 0 radical (unpaired) electrons. The number of thiocarbonyl (C=S) groups is 1. The van der Waals surface area contributed by atoms with E-state index in [1.54, 1.807) is 30.9 Å². The Morgan fingerprint density at radius 3 is 2.91 bits per heavy atom. The third kappa shape index (κ3) is 2.64. The van der Waals surface area contributed by atoms with E-state index in [9.17, 15) is 4.79 Å². The highest BCUT2D eigenvalue weighted by molar-refractivity contribution is 8.26. The highest BCUT2D eigenvalue weighted by atomic mass is 32.2. The summed E-state index contributed by atoms with van der Waals surface area (Å²) in [5, 5.41) is 3.45. The van der Waals surface area contributed by atoms with Gasteiger partial charge in [0.15, 0.2) is 0 Å². The number of carbonyl (C=O) groups is 1. The van der Waals surface area contributed by atoms with E-state index >= 15 is 0 Å². The molecule has 7 heteroatoms. The van der Waals surface area contributed by atoms with E-state index in [1.807, 2.05) is 18.2 Å². The molecule has 1 saturated heterocycles. The number of fused-ring (bicyclic) bond motifs is 1. The van der Waals surface area contributed by atoms with Crippen molar-refractivity contribution in [3.8, 4) is 11.1 Å². The van der Waals surface area contributed by atoms with Gasteiger partial charge in [-0.15, -0.1) is 0 Å². The number of furan rings is 1. The fraction of sp³-hybridized carbons (Fsp3) is 0. The lowest BCUT2D eigenvalue weighted by Crippen LogP contribution is -2.17. The fourth-order valence-electron chi connectivity index (χ4n) is 2.33. The lowest BCUT2D eigenvalue weighted by molar-refractivity contribution is -0.115. The molecule has 0 bridgehead atoms. The van der Waals surface area contributed by atoms with Crippen LogP contribution in [0.2, 0.25) is 0 Å². The summed E-state index contributed by atoms with van der Waals surface area (Å²) in [5.74, 6) is 0.381. The second-order valence-electron chi connectivity index (χ2n) is 4.85. The van der Waals surface area contributed by atoms with Gasteiger partial charge < -0.3 is 9.73 Å². The van der Waals surface area contributed by atoms with Crippen LogP contribution in [-0.4, -0.2) is 20.2 Å². The number of carbonyl (C=O) groups excluding carboxylic acids is 1. The molecule has 1 fully saturated rings. The zero-order valence-electron chi connectivity index (χ0n) is 11.6. The Balaban J connectivity index is 1.82. The van der Waals surface area contributed by atoms with Crippen LogP contribution in [-0.2, 0) is 4.79 Å². The van der Waals surface area contributed by atoms with E-state index in [0.29, 0.717) is 20.6 Å². The average Bonchev–Trinajstić information content (AvgIpc) is 3.10. The Bertz CT molecular complexity index is 964. The van der Waals surface area contributed by atoms with Crippen molar-refractivity contribution in [1.82, 2.24) is 15.3 Å².